The number of hydrogen-bond acceptors (Lipinski definition) is 13. The summed E-state index contributed by atoms with van der Waals surface area (Å²) in [6.07, 6.45) is 7.11. The van der Waals surface area contributed by atoms with E-state index in [0.29, 0.717) is 54.8 Å². The molecule has 12 nitrogen and oxygen atoms in total. The van der Waals surface area contributed by atoms with Gasteiger partial charge >= 0.3 is 42.1 Å². The molecule has 0 bridgehead atoms. The fourth-order valence-corrected chi connectivity index (χ4v) is 11.4. The van der Waals surface area contributed by atoms with Crippen LogP contribution in [0.5, 0.6) is 0 Å². The summed E-state index contributed by atoms with van der Waals surface area (Å²) in [6, 6.07) is 5.20. The van der Waals surface area contributed by atoms with Crippen LogP contribution >= 0.6 is 11.8 Å². The Hall–Kier alpha value is 1.47. The fraction of sp³-hybridized carbons (Fsp3) is 0.944. The van der Waals surface area contributed by atoms with E-state index in [4.69, 9.17) is 4.74 Å². The third kappa shape index (κ3) is 80.1. The van der Waals surface area contributed by atoms with E-state index in [2.05, 4.69) is 185 Å². The molecule has 0 spiro atoms. The molecule has 6 fully saturated rings. The van der Waals surface area contributed by atoms with Crippen LogP contribution in [0, 0.1) is 27.8 Å². The number of morpholine rings is 1. The third-order valence-electron chi connectivity index (χ3n) is 13.9. The Labute approximate surface area is 602 Å². The minimum atomic E-state index is -2.69. The molecule has 0 radical (unpaired) electrons. The number of ether oxygens (including phenoxy) is 1. The molecule has 0 unspecified atom stereocenters. The molecule has 6 rings (SSSR count). The first kappa shape index (κ1) is 118. The molecule has 89 heavy (non-hydrogen) atoms. The van der Waals surface area contributed by atoms with Crippen LogP contribution in [0.2, 0.25) is 0 Å². The zero-order chi connectivity index (χ0) is 70.5. The van der Waals surface area contributed by atoms with Crippen LogP contribution < -0.4 is 0 Å². The Balaban J connectivity index is -0.0000000736. The Kier molecular flexibility index (Phi) is 118. The quantitative estimate of drug-likeness (QED) is 0.184. The van der Waals surface area contributed by atoms with Gasteiger partial charge in [-0.2, -0.15) is 18.3 Å². The molecule has 0 aromatic rings. The van der Waals surface area contributed by atoms with Gasteiger partial charge in [0.1, 0.15) is 0 Å². The number of nitrogens with zero attached hydrogens (tertiary/aromatic N) is 8. The van der Waals surface area contributed by atoms with Gasteiger partial charge in [0.2, 0.25) is 0 Å². The maximum absolute atomic E-state index is 11.0. The average molecular weight is 1670 g/mol. The first-order chi connectivity index (χ1) is 41.3. The van der Waals surface area contributed by atoms with Gasteiger partial charge < -0.3 is 45.1 Å². The molecule has 6 heterocycles. The van der Waals surface area contributed by atoms with E-state index in [9.17, 15) is 12.6 Å². The molecule has 6 saturated heterocycles. The van der Waals surface area contributed by atoms with Crippen molar-refractivity contribution in [3.8, 4) is 0 Å². The number of sulfone groups is 1. The largest absolute Gasteiger partial charge is 2.00 e. The van der Waals surface area contributed by atoms with Crippen LogP contribution in [-0.4, -0.2) is 246 Å². The van der Waals surface area contributed by atoms with Crippen molar-refractivity contribution in [2.45, 2.75) is 302 Å². The van der Waals surface area contributed by atoms with Crippen LogP contribution in [0.15, 0.2) is 0 Å². The van der Waals surface area contributed by atoms with Crippen molar-refractivity contribution < 1.29 is 59.5 Å². The standard InChI is InChI=1S/C8H17N.C7H15NO2S.C7H15NOS.C7H15NO.C7H15NS.2C7H15N.C6H13N.8C2H6.2W/c1-8(2)9-6-4-3-5-7-9;1-7(2)8-3-5-11(9,10)6-4-8;1-7(2)8-3-5-10(9)6-4-8;2*1-7(2)8-3-5-9-6-4-8;1-7(2)8-5-3-4-6-8;1-5-8(6-2)7(3)4;1-5-7(4)6(2)3;8*1-2;;/h8H,3-7H2,1-2H3;7H,3-6H2,1-2H3;7H,3-6H2,1-2H3;2*7H,3-6H2,1-2H3;7H,3-6H2,1-2H3;7H,1-2,5-6H2,3-4H3;6H,1,4-5H2,2-3H3;8*1-2H3;;/q;;;;;;2*-2;;;;;;;;;2*+2. The zero-order valence-electron chi connectivity index (χ0n) is 66.5. The molecule has 17 heteroatoms. The van der Waals surface area contributed by atoms with Gasteiger partial charge in [0.25, 0.3) is 0 Å². The monoisotopic (exact) mass is 1670 g/mol. The van der Waals surface area contributed by atoms with Crippen molar-refractivity contribution in [1.29, 1.82) is 0 Å². The number of thioether (sulfide) groups is 1. The molecule has 0 amide bonds. The zero-order valence-corrected chi connectivity index (χ0v) is 74.8. The summed E-state index contributed by atoms with van der Waals surface area (Å²) >= 11 is 2.07. The van der Waals surface area contributed by atoms with Crippen LogP contribution in [-0.2, 0) is 67.5 Å². The Morgan fingerprint density at radius 3 is 0.854 bits per heavy atom. The average Bonchev–Trinajstić information content (AvgIpc) is 4.12. The molecule has 0 atom stereocenters. The number of hydrogen-bond donors (Lipinski definition) is 0. The Morgan fingerprint density at radius 2 is 0.652 bits per heavy atom. The fourth-order valence-electron chi connectivity index (χ4n) is 8.18. The molecule has 0 aliphatic carbocycles. The van der Waals surface area contributed by atoms with Gasteiger partial charge in [0, 0.05) is 122 Å². The normalized spacial score (nSPS) is 17.3. The summed E-state index contributed by atoms with van der Waals surface area (Å²) in [5.74, 6) is 5.09. The van der Waals surface area contributed by atoms with Crippen molar-refractivity contribution >= 4 is 32.4 Å². The first-order valence-corrected chi connectivity index (χ1v) is 40.6. The van der Waals surface area contributed by atoms with Crippen molar-refractivity contribution in [3.05, 3.63) is 27.8 Å². The topological polar surface area (TPSA) is 86.4 Å². The van der Waals surface area contributed by atoms with Gasteiger partial charge in [-0.25, -0.2) is 8.42 Å². The van der Waals surface area contributed by atoms with E-state index >= 15 is 0 Å². The predicted molar refractivity (Wildman–Crippen MR) is 409 cm³/mol. The molecule has 6 aliphatic heterocycles. The second-order valence-corrected chi connectivity index (χ2v) is 27.0. The molecule has 6 aliphatic rings. The maximum atomic E-state index is 11.0. The van der Waals surface area contributed by atoms with Gasteiger partial charge in [-0.15, -0.1) is 13.1 Å². The van der Waals surface area contributed by atoms with Gasteiger partial charge in [0.05, 0.1) is 24.7 Å². The predicted octanol–water partition coefficient (Wildman–Crippen LogP) is 17.0. The molecule has 0 saturated carbocycles. The van der Waals surface area contributed by atoms with Gasteiger partial charge in [0.15, 0.2) is 9.84 Å². The SMILES string of the molecule is CC.CC.CC.CC.CC.CC.CC.CC.CC(C)N1CCCC1.CC(C)N1CCCCC1.CC(C)N1CCOCC1.CC(C)N1CCS(=O)(=O)CC1.CC(C)N1CCS(=O)CC1.CC(C)N1CCSCC1.[CH2-]CN(C[CH2-])C(C)C.[CH2-]CN([CH2-])C(C)C.[W+2].[W+2]. The smallest absolute Gasteiger partial charge is 0.482 e. The number of likely N-dealkylation sites (tertiary alicyclic amines) is 2. The summed E-state index contributed by atoms with van der Waals surface area (Å²) in [5.41, 5.74) is 0. The van der Waals surface area contributed by atoms with Crippen LogP contribution in [0.1, 0.15) is 254 Å². The van der Waals surface area contributed by atoms with E-state index in [1.807, 2.05) is 116 Å². The summed E-state index contributed by atoms with van der Waals surface area (Å²) in [5, 5.41) is 0. The van der Waals surface area contributed by atoms with Crippen LogP contribution in [0.25, 0.3) is 0 Å². The summed E-state index contributed by atoms with van der Waals surface area (Å²) in [7, 11) is 0.517. The molecule has 0 aromatic carbocycles. The molecular weight excluding hydrogens is 1500 g/mol. The summed E-state index contributed by atoms with van der Waals surface area (Å²) in [4.78, 5) is 18.8. The Bertz CT molecular complexity index is 1250. The Morgan fingerprint density at radius 1 is 0.393 bits per heavy atom. The second kappa shape index (κ2) is 89.5. The molecule has 0 N–H and O–H groups in total. The first-order valence-electron chi connectivity index (χ1n) is 36.2. The van der Waals surface area contributed by atoms with E-state index < -0.39 is 20.6 Å². The van der Waals surface area contributed by atoms with Crippen LogP contribution in [0.3, 0.4) is 0 Å². The maximum Gasteiger partial charge on any atom is 2.00 e. The van der Waals surface area contributed by atoms with Crippen molar-refractivity contribution in [2.24, 2.45) is 0 Å². The van der Waals surface area contributed by atoms with Crippen molar-refractivity contribution in [1.82, 2.24) is 39.2 Å². The molecule has 0 aromatic heterocycles. The van der Waals surface area contributed by atoms with Crippen LogP contribution in [0.4, 0.5) is 0 Å². The number of rotatable bonds is 11. The number of piperidine rings is 1. The minimum absolute atomic E-state index is 0. The van der Waals surface area contributed by atoms with Gasteiger partial charge in [-0.05, 0) is 147 Å². The van der Waals surface area contributed by atoms with E-state index in [1.165, 1.54) is 82.9 Å². The molecular formula is C72H168N8O4S3W2. The molecule has 550 valence electrons. The third-order valence-corrected chi connectivity index (χ3v) is 17.7. The van der Waals surface area contributed by atoms with Gasteiger partial charge in [-0.3, -0.25) is 30.9 Å². The van der Waals surface area contributed by atoms with E-state index in [0.717, 1.165) is 88.7 Å². The van der Waals surface area contributed by atoms with Crippen molar-refractivity contribution in [3.63, 3.8) is 0 Å². The second-order valence-electron chi connectivity index (χ2n) is 21.8. The van der Waals surface area contributed by atoms with Gasteiger partial charge in [-0.1, -0.05) is 145 Å². The summed E-state index contributed by atoms with van der Waals surface area (Å²) < 4.78 is 38.1. The minimum Gasteiger partial charge on any atom is -0.482 e. The van der Waals surface area contributed by atoms with E-state index in [-0.39, 0.29) is 42.1 Å². The summed E-state index contributed by atoms with van der Waals surface area (Å²) in [6.45, 7) is 96.3. The van der Waals surface area contributed by atoms with Crippen molar-refractivity contribution in [2.75, 3.05) is 146 Å². The van der Waals surface area contributed by atoms with E-state index in [1.54, 1.807) is 0 Å².